The Balaban J connectivity index is 2.57. The van der Waals surface area contributed by atoms with Crippen LogP contribution in [-0.2, 0) is 15.7 Å². The number of hydrogen-bond donors (Lipinski definition) is 2. The molecule has 0 saturated carbocycles. The van der Waals surface area contributed by atoms with E-state index in [1.165, 1.54) is 12.1 Å². The Hall–Kier alpha value is -1.28. The molecule has 1 amide bonds. The maximum atomic E-state index is 12.9. The van der Waals surface area contributed by atoms with Crippen molar-refractivity contribution in [2.75, 3.05) is 32.1 Å². The van der Waals surface area contributed by atoms with Crippen molar-refractivity contribution in [2.24, 2.45) is 0 Å². The van der Waals surface area contributed by atoms with Gasteiger partial charge >= 0.3 is 6.18 Å². The fourth-order valence-electron chi connectivity index (χ4n) is 1.59. The lowest BCUT2D eigenvalue weighted by Crippen LogP contribution is -2.31. The third-order valence-corrected chi connectivity index (χ3v) is 3.07. The smallest absolute Gasteiger partial charge is 0.385 e. The molecular formula is C13H16BrF3N2O2. The van der Waals surface area contributed by atoms with Crippen LogP contribution in [-0.4, -0.2) is 32.7 Å². The van der Waals surface area contributed by atoms with E-state index in [9.17, 15) is 18.0 Å². The van der Waals surface area contributed by atoms with Crippen LogP contribution in [0.15, 0.2) is 22.7 Å². The second-order valence-electron chi connectivity index (χ2n) is 4.24. The third kappa shape index (κ3) is 6.34. The lowest BCUT2D eigenvalue weighted by molar-refractivity contribution is -0.137. The van der Waals surface area contributed by atoms with Gasteiger partial charge in [0.05, 0.1) is 12.1 Å². The van der Waals surface area contributed by atoms with Gasteiger partial charge in [-0.2, -0.15) is 13.2 Å². The van der Waals surface area contributed by atoms with Crippen LogP contribution in [0.1, 0.15) is 12.0 Å². The van der Waals surface area contributed by atoms with Gasteiger partial charge in [0, 0.05) is 30.4 Å². The monoisotopic (exact) mass is 368 g/mol. The molecule has 0 bridgehead atoms. The van der Waals surface area contributed by atoms with Gasteiger partial charge in [0.25, 0.3) is 0 Å². The van der Waals surface area contributed by atoms with Gasteiger partial charge in [-0.25, -0.2) is 0 Å². The number of benzene rings is 1. The number of halogens is 4. The molecule has 0 spiro atoms. The number of methoxy groups -OCH3 is 1. The zero-order valence-electron chi connectivity index (χ0n) is 11.4. The van der Waals surface area contributed by atoms with Crippen LogP contribution in [0, 0.1) is 0 Å². The van der Waals surface area contributed by atoms with Crippen molar-refractivity contribution >= 4 is 27.5 Å². The highest BCUT2D eigenvalue weighted by molar-refractivity contribution is 9.10. The molecule has 21 heavy (non-hydrogen) atoms. The Kier molecular flexibility index (Phi) is 6.97. The molecule has 0 aliphatic rings. The average Bonchev–Trinajstić information content (AvgIpc) is 2.41. The van der Waals surface area contributed by atoms with Gasteiger partial charge in [-0.15, -0.1) is 0 Å². The SMILES string of the molecule is COCCCNC(=O)CNc1ccc(Br)cc1C(F)(F)F. The Labute approximate surface area is 129 Å². The molecular weight excluding hydrogens is 353 g/mol. The molecule has 0 saturated heterocycles. The molecule has 8 heteroatoms. The lowest BCUT2D eigenvalue weighted by Gasteiger charge is -2.15. The fraction of sp³-hybridized carbons (Fsp3) is 0.462. The normalized spacial score (nSPS) is 11.3. The van der Waals surface area contributed by atoms with E-state index < -0.39 is 11.7 Å². The number of amides is 1. The van der Waals surface area contributed by atoms with Crippen LogP contribution >= 0.6 is 15.9 Å². The molecule has 0 aliphatic carbocycles. The molecule has 0 aliphatic heterocycles. The molecule has 1 rings (SSSR count). The number of ether oxygens (including phenoxy) is 1. The van der Waals surface area contributed by atoms with E-state index in [-0.39, 0.29) is 18.1 Å². The van der Waals surface area contributed by atoms with Gasteiger partial charge in [-0.1, -0.05) is 15.9 Å². The molecule has 0 atom stereocenters. The van der Waals surface area contributed by atoms with Crippen LogP contribution in [0.2, 0.25) is 0 Å². The van der Waals surface area contributed by atoms with Crippen molar-refractivity contribution in [1.82, 2.24) is 5.32 Å². The minimum atomic E-state index is -4.49. The maximum absolute atomic E-state index is 12.9. The number of alkyl halides is 3. The number of nitrogens with one attached hydrogen (secondary N) is 2. The van der Waals surface area contributed by atoms with Gasteiger partial charge in [0.15, 0.2) is 0 Å². The van der Waals surface area contributed by atoms with Crippen molar-refractivity contribution in [1.29, 1.82) is 0 Å². The summed E-state index contributed by atoms with van der Waals surface area (Å²) < 4.78 is 43.7. The van der Waals surface area contributed by atoms with Crippen molar-refractivity contribution < 1.29 is 22.7 Å². The van der Waals surface area contributed by atoms with Crippen LogP contribution in [0.3, 0.4) is 0 Å². The van der Waals surface area contributed by atoms with Gasteiger partial charge in [0.1, 0.15) is 0 Å². The first-order valence-electron chi connectivity index (χ1n) is 6.21. The van der Waals surface area contributed by atoms with Crippen LogP contribution in [0.25, 0.3) is 0 Å². The zero-order valence-corrected chi connectivity index (χ0v) is 13.0. The van der Waals surface area contributed by atoms with E-state index in [1.54, 1.807) is 7.11 Å². The number of carbonyl (C=O) groups excluding carboxylic acids is 1. The second-order valence-corrected chi connectivity index (χ2v) is 5.15. The third-order valence-electron chi connectivity index (χ3n) is 2.57. The summed E-state index contributed by atoms with van der Waals surface area (Å²) in [6.07, 6.45) is -3.84. The second kappa shape index (κ2) is 8.23. The highest BCUT2D eigenvalue weighted by atomic mass is 79.9. The standard InChI is InChI=1S/C13H16BrF3N2O2/c1-21-6-2-5-18-12(20)8-19-11-4-3-9(14)7-10(11)13(15,16)17/h3-4,7,19H,2,5-6,8H2,1H3,(H,18,20). The van der Waals surface area contributed by atoms with Crippen molar-refractivity contribution in [3.05, 3.63) is 28.2 Å². The lowest BCUT2D eigenvalue weighted by atomic mass is 10.1. The number of anilines is 1. The Morgan fingerprint density at radius 2 is 2.10 bits per heavy atom. The minimum Gasteiger partial charge on any atom is -0.385 e. The predicted molar refractivity (Wildman–Crippen MR) is 77.1 cm³/mol. The summed E-state index contributed by atoms with van der Waals surface area (Å²) in [5, 5.41) is 5.09. The number of rotatable bonds is 7. The largest absolute Gasteiger partial charge is 0.418 e. The van der Waals surface area contributed by atoms with E-state index in [2.05, 4.69) is 26.6 Å². The molecule has 2 N–H and O–H groups in total. The Morgan fingerprint density at radius 3 is 2.71 bits per heavy atom. The molecule has 0 unspecified atom stereocenters. The Morgan fingerprint density at radius 1 is 1.38 bits per heavy atom. The topological polar surface area (TPSA) is 50.4 Å². The van der Waals surface area contributed by atoms with Crippen LogP contribution in [0.5, 0.6) is 0 Å². The maximum Gasteiger partial charge on any atom is 0.418 e. The molecule has 1 aromatic carbocycles. The number of carbonyl (C=O) groups is 1. The first-order chi connectivity index (χ1) is 9.84. The van der Waals surface area contributed by atoms with E-state index in [1.807, 2.05) is 0 Å². The van der Waals surface area contributed by atoms with Gasteiger partial charge in [0.2, 0.25) is 5.91 Å². The molecule has 0 fully saturated rings. The van der Waals surface area contributed by atoms with E-state index in [4.69, 9.17) is 4.74 Å². The number of hydrogen-bond acceptors (Lipinski definition) is 3. The molecule has 0 aromatic heterocycles. The van der Waals surface area contributed by atoms with Crippen molar-refractivity contribution in [3.8, 4) is 0 Å². The van der Waals surface area contributed by atoms with Gasteiger partial charge in [-0.05, 0) is 24.6 Å². The summed E-state index contributed by atoms with van der Waals surface area (Å²) in [6.45, 7) is 0.706. The molecule has 118 valence electrons. The summed E-state index contributed by atoms with van der Waals surface area (Å²) >= 11 is 3.00. The summed E-state index contributed by atoms with van der Waals surface area (Å²) in [5.74, 6) is -0.373. The molecule has 1 aromatic rings. The fourth-order valence-corrected chi connectivity index (χ4v) is 1.95. The van der Waals surface area contributed by atoms with Crippen LogP contribution < -0.4 is 10.6 Å². The molecule has 0 radical (unpaired) electrons. The molecule has 4 nitrogen and oxygen atoms in total. The predicted octanol–water partition coefficient (Wildman–Crippen LogP) is 3.03. The summed E-state index contributed by atoms with van der Waals surface area (Å²) in [7, 11) is 1.55. The Bertz CT molecular complexity index is 481. The highest BCUT2D eigenvalue weighted by Crippen LogP contribution is 2.36. The quantitative estimate of drug-likeness (QED) is 0.727. The first kappa shape index (κ1) is 17.8. The van der Waals surface area contributed by atoms with Crippen LogP contribution in [0.4, 0.5) is 18.9 Å². The first-order valence-corrected chi connectivity index (χ1v) is 7.00. The highest BCUT2D eigenvalue weighted by Gasteiger charge is 2.33. The zero-order chi connectivity index (χ0) is 15.9. The summed E-state index contributed by atoms with van der Waals surface area (Å²) in [5.41, 5.74) is -0.943. The van der Waals surface area contributed by atoms with Gasteiger partial charge in [-0.3, -0.25) is 4.79 Å². The van der Waals surface area contributed by atoms with E-state index >= 15 is 0 Å². The van der Waals surface area contributed by atoms with Gasteiger partial charge < -0.3 is 15.4 Å². The summed E-state index contributed by atoms with van der Waals surface area (Å²) in [6, 6.07) is 3.73. The average molecular weight is 369 g/mol. The van der Waals surface area contributed by atoms with E-state index in [0.29, 0.717) is 24.0 Å². The minimum absolute atomic E-state index is 0.127. The molecule has 0 heterocycles. The summed E-state index contributed by atoms with van der Waals surface area (Å²) in [4.78, 5) is 11.5. The van der Waals surface area contributed by atoms with E-state index in [0.717, 1.165) is 6.07 Å². The van der Waals surface area contributed by atoms with Crippen molar-refractivity contribution in [3.63, 3.8) is 0 Å². The van der Waals surface area contributed by atoms with Crippen molar-refractivity contribution in [2.45, 2.75) is 12.6 Å².